The zero-order valence-electron chi connectivity index (χ0n) is 22.9. The van der Waals surface area contributed by atoms with Crippen molar-refractivity contribution >= 4 is 42.6 Å². The lowest BCUT2D eigenvalue weighted by molar-refractivity contribution is 0.0978. The summed E-state index contributed by atoms with van der Waals surface area (Å²) < 4.78 is 34.2. The maximum atomic E-state index is 13.8. The largest absolute Gasteiger partial charge is 0.377 e. The Morgan fingerprint density at radius 2 is 1.82 bits per heavy atom. The van der Waals surface area contributed by atoms with Gasteiger partial charge in [0.1, 0.15) is 0 Å². The van der Waals surface area contributed by atoms with Crippen molar-refractivity contribution in [2.24, 2.45) is 0 Å². The van der Waals surface area contributed by atoms with Crippen LogP contribution in [0.5, 0.6) is 0 Å². The molecule has 2 aromatic carbocycles. The minimum atomic E-state index is -3.68. The molecule has 206 valence electrons. The maximum absolute atomic E-state index is 13.8. The number of benzene rings is 2. The van der Waals surface area contributed by atoms with Crippen molar-refractivity contribution in [1.29, 1.82) is 0 Å². The minimum absolute atomic E-state index is 0.0729. The zero-order valence-corrected chi connectivity index (χ0v) is 24.6. The van der Waals surface area contributed by atoms with Crippen molar-refractivity contribution in [3.05, 3.63) is 53.1 Å². The molecule has 1 aliphatic heterocycles. The molecule has 0 spiro atoms. The van der Waals surface area contributed by atoms with E-state index in [4.69, 9.17) is 9.72 Å². The van der Waals surface area contributed by atoms with Gasteiger partial charge in [-0.1, -0.05) is 31.3 Å². The molecule has 0 N–H and O–H groups in total. The Labute approximate surface area is 230 Å². The van der Waals surface area contributed by atoms with Gasteiger partial charge in [-0.2, -0.15) is 4.31 Å². The molecule has 8 nitrogen and oxygen atoms in total. The van der Waals surface area contributed by atoms with E-state index in [9.17, 15) is 13.2 Å². The van der Waals surface area contributed by atoms with Gasteiger partial charge >= 0.3 is 0 Å². The van der Waals surface area contributed by atoms with Crippen molar-refractivity contribution in [2.75, 3.05) is 51.3 Å². The zero-order chi connectivity index (χ0) is 27.4. The number of ether oxygens (including phenoxy) is 1. The van der Waals surface area contributed by atoms with Crippen LogP contribution in [0.4, 0.5) is 5.13 Å². The van der Waals surface area contributed by atoms with Gasteiger partial charge in [-0.25, -0.2) is 13.4 Å². The van der Waals surface area contributed by atoms with Crippen molar-refractivity contribution in [3.8, 4) is 0 Å². The molecule has 1 saturated heterocycles. The Hall–Kier alpha value is -2.37. The summed E-state index contributed by atoms with van der Waals surface area (Å²) in [6.07, 6.45) is 1.74. The second-order valence-electron chi connectivity index (χ2n) is 9.86. The number of anilines is 1. The number of hydrogen-bond donors (Lipinski definition) is 0. The SMILES string of the molecule is CCN(CC)CCN(C(=O)c1ccc(S(=O)(=O)N(C)CC2CCCO2)cc1)c1nc2cc(C)cc(C)c2s1. The number of rotatable bonds is 11. The van der Waals surface area contributed by atoms with Crippen molar-refractivity contribution in [3.63, 3.8) is 0 Å². The summed E-state index contributed by atoms with van der Waals surface area (Å²) in [6, 6.07) is 10.4. The number of amides is 1. The maximum Gasteiger partial charge on any atom is 0.260 e. The van der Waals surface area contributed by atoms with Gasteiger partial charge in [-0.05, 0) is 81.2 Å². The molecule has 1 fully saturated rings. The molecule has 1 aromatic heterocycles. The fourth-order valence-corrected chi connectivity index (χ4v) is 7.07. The molecule has 0 aliphatic carbocycles. The van der Waals surface area contributed by atoms with E-state index in [1.54, 1.807) is 24.1 Å². The standard InChI is InChI=1S/C28H38N4O4S2/c1-6-31(7-2)14-15-32(28-29-25-18-20(3)17-21(4)26(25)37-28)27(33)22-10-12-24(13-11-22)38(34,35)30(5)19-23-9-8-16-36-23/h10-13,17-18,23H,6-9,14-16,19H2,1-5H3. The predicted molar refractivity (Wildman–Crippen MR) is 154 cm³/mol. The van der Waals surface area contributed by atoms with Gasteiger partial charge < -0.3 is 9.64 Å². The highest BCUT2D eigenvalue weighted by Gasteiger charge is 2.27. The summed E-state index contributed by atoms with van der Waals surface area (Å²) >= 11 is 1.52. The third-order valence-corrected chi connectivity index (χ3v) is 10.2. The Bertz CT molecular complexity index is 1360. The highest BCUT2D eigenvalue weighted by Crippen LogP contribution is 2.33. The van der Waals surface area contributed by atoms with Crippen LogP contribution < -0.4 is 4.90 Å². The number of hydrogen-bond acceptors (Lipinski definition) is 7. The van der Waals surface area contributed by atoms with E-state index in [0.29, 0.717) is 36.9 Å². The normalized spacial score (nSPS) is 16.1. The summed E-state index contributed by atoms with van der Waals surface area (Å²) in [6.45, 7) is 12.3. The van der Waals surface area contributed by atoms with Crippen LogP contribution in [0.3, 0.4) is 0 Å². The summed E-state index contributed by atoms with van der Waals surface area (Å²) in [5, 5.41) is 0.652. The molecular weight excluding hydrogens is 520 g/mol. The van der Waals surface area contributed by atoms with Crippen LogP contribution in [0.1, 0.15) is 48.2 Å². The van der Waals surface area contributed by atoms with Crippen molar-refractivity contribution in [1.82, 2.24) is 14.2 Å². The monoisotopic (exact) mass is 558 g/mol. The summed E-state index contributed by atoms with van der Waals surface area (Å²) in [7, 11) is -2.11. The van der Waals surface area contributed by atoms with E-state index in [0.717, 1.165) is 47.3 Å². The van der Waals surface area contributed by atoms with Gasteiger partial charge in [0.15, 0.2) is 5.13 Å². The highest BCUT2D eigenvalue weighted by molar-refractivity contribution is 7.89. The van der Waals surface area contributed by atoms with Crippen molar-refractivity contribution in [2.45, 2.75) is 51.5 Å². The first-order valence-corrected chi connectivity index (χ1v) is 15.5. The first kappa shape index (κ1) is 28.6. The van der Waals surface area contributed by atoms with E-state index in [-0.39, 0.29) is 16.9 Å². The fraction of sp³-hybridized carbons (Fsp3) is 0.500. The Balaban J connectivity index is 1.60. The highest BCUT2D eigenvalue weighted by atomic mass is 32.2. The molecule has 2 heterocycles. The molecular formula is C28H38N4O4S2. The molecule has 0 saturated carbocycles. The molecule has 0 bridgehead atoms. The van der Waals surface area contributed by atoms with Crippen LogP contribution in [0.15, 0.2) is 41.3 Å². The molecule has 3 aromatic rings. The van der Waals surface area contributed by atoms with Crippen LogP contribution in [0, 0.1) is 13.8 Å². The van der Waals surface area contributed by atoms with Gasteiger partial charge in [0, 0.05) is 38.9 Å². The van der Waals surface area contributed by atoms with Crippen LogP contribution >= 0.6 is 11.3 Å². The lowest BCUT2D eigenvalue weighted by atomic mass is 10.1. The van der Waals surface area contributed by atoms with Crippen LogP contribution in [-0.4, -0.2) is 81.0 Å². The second kappa shape index (κ2) is 12.2. The Kier molecular flexibility index (Phi) is 9.20. The number of fused-ring (bicyclic) bond motifs is 1. The molecule has 1 aliphatic rings. The number of nitrogens with zero attached hydrogens (tertiary/aromatic N) is 4. The fourth-order valence-electron chi connectivity index (χ4n) is 4.82. The summed E-state index contributed by atoms with van der Waals surface area (Å²) in [4.78, 5) is 22.8. The number of aryl methyl sites for hydroxylation is 2. The van der Waals surface area contributed by atoms with Crippen LogP contribution in [0.2, 0.25) is 0 Å². The molecule has 0 radical (unpaired) electrons. The van der Waals surface area contributed by atoms with Crippen LogP contribution in [-0.2, 0) is 14.8 Å². The quantitative estimate of drug-likeness (QED) is 0.339. The molecule has 1 unspecified atom stereocenters. The first-order valence-electron chi connectivity index (χ1n) is 13.2. The summed E-state index contributed by atoms with van der Waals surface area (Å²) in [5.74, 6) is -0.192. The lowest BCUT2D eigenvalue weighted by Crippen LogP contribution is -2.39. The van der Waals surface area contributed by atoms with E-state index in [1.165, 1.54) is 27.8 Å². The van der Waals surface area contributed by atoms with Gasteiger partial charge in [0.05, 0.1) is 21.2 Å². The van der Waals surface area contributed by atoms with Gasteiger partial charge in [0.2, 0.25) is 10.0 Å². The molecule has 1 atom stereocenters. The molecule has 4 rings (SSSR count). The average Bonchev–Trinajstić information content (AvgIpc) is 3.56. The number of thiazole rings is 1. The first-order chi connectivity index (χ1) is 18.1. The lowest BCUT2D eigenvalue weighted by Gasteiger charge is -2.25. The number of aromatic nitrogens is 1. The van der Waals surface area contributed by atoms with E-state index < -0.39 is 10.0 Å². The van der Waals surface area contributed by atoms with Gasteiger partial charge in [-0.3, -0.25) is 9.69 Å². The Morgan fingerprint density at radius 3 is 2.45 bits per heavy atom. The number of sulfonamides is 1. The number of carbonyl (C=O) groups excluding carboxylic acids is 1. The van der Waals surface area contributed by atoms with E-state index in [1.807, 2.05) is 13.0 Å². The minimum Gasteiger partial charge on any atom is -0.377 e. The predicted octanol–water partition coefficient (Wildman–Crippen LogP) is 4.70. The van der Waals surface area contributed by atoms with E-state index >= 15 is 0 Å². The third kappa shape index (κ3) is 6.26. The molecule has 38 heavy (non-hydrogen) atoms. The molecule has 1 amide bonds. The number of likely N-dealkylation sites (N-methyl/N-ethyl adjacent to an activating group) is 2. The van der Waals surface area contributed by atoms with Gasteiger partial charge in [-0.15, -0.1) is 0 Å². The smallest absolute Gasteiger partial charge is 0.260 e. The average molecular weight is 559 g/mol. The Morgan fingerprint density at radius 1 is 1.11 bits per heavy atom. The summed E-state index contributed by atoms with van der Waals surface area (Å²) in [5.41, 5.74) is 3.59. The van der Waals surface area contributed by atoms with E-state index in [2.05, 4.69) is 31.7 Å². The van der Waals surface area contributed by atoms with Crippen LogP contribution in [0.25, 0.3) is 10.2 Å². The topological polar surface area (TPSA) is 83.1 Å². The number of carbonyl (C=O) groups is 1. The van der Waals surface area contributed by atoms with Crippen molar-refractivity contribution < 1.29 is 17.9 Å². The van der Waals surface area contributed by atoms with Gasteiger partial charge in [0.25, 0.3) is 5.91 Å². The molecule has 10 heteroatoms. The third-order valence-electron chi connectivity index (χ3n) is 7.11. The second-order valence-corrected chi connectivity index (χ2v) is 12.9.